The molecule has 0 aromatic heterocycles. The molecule has 0 amide bonds. The third-order valence-electron chi connectivity index (χ3n) is 9.33. The van der Waals surface area contributed by atoms with Crippen LogP contribution in [0, 0.1) is 40.4 Å². The van der Waals surface area contributed by atoms with Gasteiger partial charge in [-0.15, -0.1) is 0 Å². The second-order valence-corrected chi connectivity index (χ2v) is 10.4. The minimum atomic E-state index is -0.102. The molecule has 2 heteroatoms. The highest BCUT2D eigenvalue weighted by Gasteiger charge is 2.58. The average molecular weight is 359 g/mol. The summed E-state index contributed by atoms with van der Waals surface area (Å²) in [7, 11) is 0. The molecular formula is C24H38O2. The SMILES string of the molecule is C[C@H](/C=C/CO)[C@H]1CC[C@H]2[C@@H]3CC=C4C[C@@H](O)CC[C@]4(C)[C@H]3CC[C@]12C. The zero-order valence-electron chi connectivity index (χ0n) is 17.0. The van der Waals surface area contributed by atoms with Crippen LogP contribution in [0.3, 0.4) is 0 Å². The second kappa shape index (κ2) is 6.78. The number of aliphatic hydroxyl groups is 2. The first-order valence-electron chi connectivity index (χ1n) is 11.0. The maximum atomic E-state index is 10.2. The van der Waals surface area contributed by atoms with Gasteiger partial charge in [0.15, 0.2) is 0 Å². The Hall–Kier alpha value is -0.600. The van der Waals surface area contributed by atoms with Gasteiger partial charge in [0.1, 0.15) is 0 Å². The lowest BCUT2D eigenvalue weighted by atomic mass is 9.47. The molecule has 2 nitrogen and oxygen atoms in total. The van der Waals surface area contributed by atoms with Crippen molar-refractivity contribution in [2.45, 2.75) is 78.2 Å². The van der Waals surface area contributed by atoms with Crippen LogP contribution in [-0.4, -0.2) is 22.9 Å². The Balaban J connectivity index is 1.59. The van der Waals surface area contributed by atoms with Gasteiger partial charge in [0, 0.05) is 0 Å². The fourth-order valence-corrected chi connectivity index (χ4v) is 7.96. The van der Waals surface area contributed by atoms with Crippen molar-refractivity contribution in [1.82, 2.24) is 0 Å². The van der Waals surface area contributed by atoms with Crippen LogP contribution in [0.1, 0.15) is 72.1 Å². The van der Waals surface area contributed by atoms with E-state index in [0.717, 1.165) is 36.5 Å². The second-order valence-electron chi connectivity index (χ2n) is 10.4. The van der Waals surface area contributed by atoms with Crippen molar-refractivity contribution in [3.8, 4) is 0 Å². The molecular weight excluding hydrogens is 320 g/mol. The van der Waals surface area contributed by atoms with Crippen LogP contribution in [0.4, 0.5) is 0 Å². The van der Waals surface area contributed by atoms with Gasteiger partial charge in [-0.05, 0) is 91.8 Å². The van der Waals surface area contributed by atoms with Gasteiger partial charge in [-0.3, -0.25) is 0 Å². The summed E-state index contributed by atoms with van der Waals surface area (Å²) in [6.45, 7) is 7.63. The summed E-state index contributed by atoms with van der Waals surface area (Å²) in [5.74, 6) is 3.87. The smallest absolute Gasteiger partial charge is 0.0612 e. The quantitative estimate of drug-likeness (QED) is 0.688. The van der Waals surface area contributed by atoms with Crippen molar-refractivity contribution in [3.63, 3.8) is 0 Å². The Morgan fingerprint density at radius 3 is 2.73 bits per heavy atom. The Labute approximate surface area is 159 Å². The van der Waals surface area contributed by atoms with Crippen LogP contribution in [0.25, 0.3) is 0 Å². The average Bonchev–Trinajstić information content (AvgIpc) is 2.97. The predicted octanol–water partition coefficient (Wildman–Crippen LogP) is 5.11. The van der Waals surface area contributed by atoms with Crippen LogP contribution in [0.2, 0.25) is 0 Å². The largest absolute Gasteiger partial charge is 0.393 e. The van der Waals surface area contributed by atoms with E-state index in [1.807, 2.05) is 6.08 Å². The molecule has 2 N–H and O–H groups in total. The molecule has 3 fully saturated rings. The van der Waals surface area contributed by atoms with E-state index in [1.165, 1.54) is 38.5 Å². The van der Waals surface area contributed by atoms with Crippen molar-refractivity contribution in [3.05, 3.63) is 23.8 Å². The topological polar surface area (TPSA) is 40.5 Å². The number of aliphatic hydroxyl groups excluding tert-OH is 2. The van der Waals surface area contributed by atoms with Gasteiger partial charge in [0.05, 0.1) is 12.7 Å². The third-order valence-corrected chi connectivity index (χ3v) is 9.33. The van der Waals surface area contributed by atoms with Crippen LogP contribution in [0.5, 0.6) is 0 Å². The number of hydrogen-bond acceptors (Lipinski definition) is 2. The molecule has 26 heavy (non-hydrogen) atoms. The van der Waals surface area contributed by atoms with E-state index in [9.17, 15) is 5.11 Å². The summed E-state index contributed by atoms with van der Waals surface area (Å²) in [6.07, 6.45) is 16.5. The van der Waals surface area contributed by atoms with E-state index in [-0.39, 0.29) is 12.7 Å². The molecule has 0 aromatic rings. The standard InChI is InChI=1S/C24H38O2/c1-16(5-4-14-25)20-8-9-21-19-7-6-17-15-18(26)10-12-23(17,2)22(19)11-13-24(20,21)3/h4-6,16,18-22,25-26H,7-15H2,1-3H3/b5-4+/t16-,18+,19+,20-,21+,22+,23+,24-/m1/s1. The molecule has 3 saturated carbocycles. The summed E-state index contributed by atoms with van der Waals surface area (Å²) in [4.78, 5) is 0. The molecule has 0 saturated heterocycles. The summed E-state index contributed by atoms with van der Waals surface area (Å²) in [6, 6.07) is 0. The molecule has 8 atom stereocenters. The first-order chi connectivity index (χ1) is 12.4. The molecule has 0 spiro atoms. The zero-order chi connectivity index (χ0) is 18.5. The molecule has 0 aliphatic heterocycles. The van der Waals surface area contributed by atoms with Gasteiger partial charge < -0.3 is 10.2 Å². The Morgan fingerprint density at radius 2 is 1.96 bits per heavy atom. The molecule has 0 bridgehead atoms. The van der Waals surface area contributed by atoms with Crippen LogP contribution >= 0.6 is 0 Å². The molecule has 0 unspecified atom stereocenters. The maximum absolute atomic E-state index is 10.2. The van der Waals surface area contributed by atoms with Crippen molar-refractivity contribution >= 4 is 0 Å². The summed E-state index contributed by atoms with van der Waals surface area (Å²) < 4.78 is 0. The first kappa shape index (κ1) is 18.7. The van der Waals surface area contributed by atoms with Gasteiger partial charge >= 0.3 is 0 Å². The Kier molecular flexibility index (Phi) is 4.89. The highest BCUT2D eigenvalue weighted by molar-refractivity contribution is 5.25. The fraction of sp³-hybridized carbons (Fsp3) is 0.833. The van der Waals surface area contributed by atoms with Crippen LogP contribution in [-0.2, 0) is 0 Å². The van der Waals surface area contributed by atoms with Gasteiger partial charge in [-0.2, -0.15) is 0 Å². The molecule has 146 valence electrons. The van der Waals surface area contributed by atoms with E-state index in [4.69, 9.17) is 5.11 Å². The van der Waals surface area contributed by atoms with Crippen molar-refractivity contribution < 1.29 is 10.2 Å². The lowest BCUT2D eigenvalue weighted by molar-refractivity contribution is -0.0540. The van der Waals surface area contributed by atoms with E-state index >= 15 is 0 Å². The Morgan fingerprint density at radius 1 is 1.15 bits per heavy atom. The Bertz CT molecular complexity index is 593. The number of rotatable bonds is 3. The third kappa shape index (κ3) is 2.75. The van der Waals surface area contributed by atoms with Crippen LogP contribution < -0.4 is 0 Å². The van der Waals surface area contributed by atoms with Gasteiger partial charge in [-0.25, -0.2) is 0 Å². The lowest BCUT2D eigenvalue weighted by Crippen LogP contribution is -2.50. The highest BCUT2D eigenvalue weighted by Crippen LogP contribution is 2.67. The summed E-state index contributed by atoms with van der Waals surface area (Å²) in [5.41, 5.74) is 2.40. The summed E-state index contributed by atoms with van der Waals surface area (Å²) in [5, 5.41) is 19.3. The monoisotopic (exact) mass is 358 g/mol. The minimum absolute atomic E-state index is 0.102. The normalized spacial score (nSPS) is 49.3. The van der Waals surface area contributed by atoms with Gasteiger partial charge in [0.2, 0.25) is 0 Å². The van der Waals surface area contributed by atoms with Gasteiger partial charge in [0.25, 0.3) is 0 Å². The van der Waals surface area contributed by atoms with Gasteiger partial charge in [-0.1, -0.05) is 44.6 Å². The van der Waals surface area contributed by atoms with Crippen LogP contribution in [0.15, 0.2) is 23.8 Å². The van der Waals surface area contributed by atoms with Crippen molar-refractivity contribution in [1.29, 1.82) is 0 Å². The molecule has 0 heterocycles. The molecule has 0 aromatic carbocycles. The predicted molar refractivity (Wildman–Crippen MR) is 107 cm³/mol. The lowest BCUT2D eigenvalue weighted by Gasteiger charge is -2.58. The minimum Gasteiger partial charge on any atom is -0.393 e. The van der Waals surface area contributed by atoms with Crippen molar-refractivity contribution in [2.24, 2.45) is 40.4 Å². The summed E-state index contributed by atoms with van der Waals surface area (Å²) >= 11 is 0. The first-order valence-corrected chi connectivity index (χ1v) is 11.0. The number of hydrogen-bond donors (Lipinski definition) is 2. The molecule has 4 rings (SSSR count). The maximum Gasteiger partial charge on any atom is 0.0612 e. The van der Waals surface area contributed by atoms with Crippen molar-refractivity contribution in [2.75, 3.05) is 6.61 Å². The highest BCUT2D eigenvalue weighted by atomic mass is 16.3. The molecule has 0 radical (unpaired) electrons. The van der Waals surface area contributed by atoms with E-state index < -0.39 is 0 Å². The van der Waals surface area contributed by atoms with E-state index in [1.54, 1.807) is 5.57 Å². The van der Waals surface area contributed by atoms with E-state index in [2.05, 4.69) is 32.9 Å². The molecule has 4 aliphatic rings. The number of allylic oxidation sites excluding steroid dienone is 2. The fourth-order valence-electron chi connectivity index (χ4n) is 7.96. The number of fused-ring (bicyclic) bond motifs is 5. The molecule has 4 aliphatic carbocycles. The van der Waals surface area contributed by atoms with E-state index in [0.29, 0.717) is 16.7 Å². The zero-order valence-corrected chi connectivity index (χ0v) is 17.0.